The molecule has 1 unspecified atom stereocenters. The highest BCUT2D eigenvalue weighted by molar-refractivity contribution is 5.87. The molecule has 0 bridgehead atoms. The van der Waals surface area contributed by atoms with E-state index in [2.05, 4.69) is 36.4 Å². The predicted molar refractivity (Wildman–Crippen MR) is 161 cm³/mol. The number of piperazine rings is 1. The highest BCUT2D eigenvalue weighted by atomic mass is 16.5. The topological polar surface area (TPSA) is 106 Å². The Morgan fingerprint density at radius 3 is 2.81 bits per heavy atom. The normalized spacial score (nSPS) is 25.5. The molecule has 0 saturated carbocycles. The number of aromatic nitrogens is 2. The molecule has 2 aliphatic heterocycles. The molecule has 1 aromatic heterocycles. The first kappa shape index (κ1) is 28.5. The number of phenolic OH excluding ortho intramolecular Hbond substituents is 1. The van der Waals surface area contributed by atoms with Gasteiger partial charge in [-0.1, -0.05) is 6.58 Å². The maximum Gasteiger partial charge on any atom is 0.318 e. The summed E-state index contributed by atoms with van der Waals surface area (Å²) in [5.41, 5.74) is 5.92. The molecule has 42 heavy (non-hydrogen) atoms. The van der Waals surface area contributed by atoms with Crippen LogP contribution in [0.25, 0.3) is 0 Å². The van der Waals surface area contributed by atoms with E-state index in [1.54, 1.807) is 4.90 Å². The number of nitriles is 1. The number of fused-ring (bicyclic) bond motifs is 3. The Balaban J connectivity index is 1.36. The molecule has 222 valence electrons. The molecule has 1 amide bonds. The lowest BCUT2D eigenvalue weighted by Gasteiger charge is -2.45. The van der Waals surface area contributed by atoms with Crippen LogP contribution in [0.4, 0.5) is 5.82 Å². The van der Waals surface area contributed by atoms with Crippen LogP contribution in [0, 0.1) is 18.3 Å². The van der Waals surface area contributed by atoms with Crippen LogP contribution < -0.4 is 9.64 Å². The first-order valence-electron chi connectivity index (χ1n) is 15.4. The predicted octanol–water partition coefficient (Wildman–Crippen LogP) is 3.84. The second-order valence-electron chi connectivity index (χ2n) is 12.6. The van der Waals surface area contributed by atoms with Crippen molar-refractivity contribution < 1.29 is 14.6 Å². The third kappa shape index (κ3) is 5.22. The van der Waals surface area contributed by atoms with Crippen molar-refractivity contribution in [2.24, 2.45) is 0 Å². The van der Waals surface area contributed by atoms with Gasteiger partial charge in [0.2, 0.25) is 5.91 Å². The van der Waals surface area contributed by atoms with Crippen molar-refractivity contribution in [3.05, 3.63) is 52.7 Å². The number of anilines is 1. The van der Waals surface area contributed by atoms with Gasteiger partial charge in [-0.25, -0.2) is 0 Å². The van der Waals surface area contributed by atoms with Crippen molar-refractivity contribution in [2.75, 3.05) is 44.7 Å². The summed E-state index contributed by atoms with van der Waals surface area (Å²) in [7, 11) is 2.14. The summed E-state index contributed by atoms with van der Waals surface area (Å²) in [6.45, 7) is 9.05. The average molecular weight is 571 g/mol. The minimum absolute atomic E-state index is 0.0724. The van der Waals surface area contributed by atoms with Crippen LogP contribution in [0.5, 0.6) is 11.8 Å². The summed E-state index contributed by atoms with van der Waals surface area (Å²) < 4.78 is 6.33. The van der Waals surface area contributed by atoms with E-state index in [9.17, 15) is 15.2 Å². The van der Waals surface area contributed by atoms with E-state index in [4.69, 9.17) is 14.7 Å². The zero-order valence-corrected chi connectivity index (χ0v) is 24.9. The summed E-state index contributed by atoms with van der Waals surface area (Å²) >= 11 is 0. The van der Waals surface area contributed by atoms with Crippen LogP contribution >= 0.6 is 0 Å². The summed E-state index contributed by atoms with van der Waals surface area (Å²) in [6.07, 6.45) is 9.68. The van der Waals surface area contributed by atoms with Gasteiger partial charge in [0.1, 0.15) is 18.2 Å². The molecule has 0 radical (unpaired) electrons. The number of benzene rings is 1. The highest BCUT2D eigenvalue weighted by Gasteiger charge is 2.43. The summed E-state index contributed by atoms with van der Waals surface area (Å²) in [4.78, 5) is 29.0. The number of ether oxygens (including phenoxy) is 1. The third-order valence-corrected chi connectivity index (χ3v) is 10.2. The van der Waals surface area contributed by atoms with E-state index in [0.29, 0.717) is 44.0 Å². The molecule has 3 atom stereocenters. The molecule has 6 rings (SSSR count). The average Bonchev–Trinajstić information content (AvgIpc) is 3.40. The molecule has 1 spiro atoms. The number of likely N-dealkylation sites (N-methyl/N-ethyl adjacent to an activating group) is 1. The standard InChI is InChI=1S/C33H42N6O3/c1-4-30(41)39-16-15-38(20-23(39)10-13-34)31-27-9-12-33(11-5-8-26-22(2)17-25(40)18-28(26)33)19-29(27)35-32(36-31)42-21-24-7-6-14-37(24)3/h4,17-18,23-24,40H,1,5-12,14-16,19-21H2,2-3H3/t23-,24-,33?/m0/s1. The number of carbonyl (C=O) groups excluding carboxylic acids is 1. The molecule has 3 heterocycles. The van der Waals surface area contributed by atoms with Crippen molar-refractivity contribution in [2.45, 2.75) is 82.2 Å². The number of phenols is 1. The van der Waals surface area contributed by atoms with Crippen molar-refractivity contribution >= 4 is 11.7 Å². The van der Waals surface area contributed by atoms with Gasteiger partial charge in [-0.3, -0.25) is 4.79 Å². The summed E-state index contributed by atoms with van der Waals surface area (Å²) in [6, 6.07) is 6.67. The lowest BCUT2D eigenvalue weighted by atomic mass is 9.61. The van der Waals surface area contributed by atoms with Crippen LogP contribution in [0.2, 0.25) is 0 Å². The third-order valence-electron chi connectivity index (χ3n) is 10.2. The van der Waals surface area contributed by atoms with E-state index >= 15 is 0 Å². The lowest BCUT2D eigenvalue weighted by molar-refractivity contribution is -0.128. The molecule has 1 aromatic carbocycles. The fraction of sp³-hybridized carbons (Fsp3) is 0.576. The van der Waals surface area contributed by atoms with E-state index in [1.807, 2.05) is 12.1 Å². The van der Waals surface area contributed by atoms with Gasteiger partial charge in [0, 0.05) is 36.7 Å². The fourth-order valence-electron chi connectivity index (χ4n) is 7.88. The van der Waals surface area contributed by atoms with Crippen LogP contribution in [-0.2, 0) is 29.5 Å². The van der Waals surface area contributed by atoms with Gasteiger partial charge in [-0.2, -0.15) is 15.2 Å². The molecular weight excluding hydrogens is 528 g/mol. The lowest BCUT2D eigenvalue weighted by Crippen LogP contribution is -2.55. The van der Waals surface area contributed by atoms with Gasteiger partial charge in [0.15, 0.2) is 0 Å². The fourth-order valence-corrected chi connectivity index (χ4v) is 7.88. The molecule has 2 fully saturated rings. The first-order valence-corrected chi connectivity index (χ1v) is 15.4. The number of aromatic hydroxyl groups is 1. The smallest absolute Gasteiger partial charge is 0.318 e. The van der Waals surface area contributed by atoms with Gasteiger partial charge in [-0.15, -0.1) is 0 Å². The Hall–Kier alpha value is -3.64. The van der Waals surface area contributed by atoms with Gasteiger partial charge in [0.05, 0.1) is 24.2 Å². The number of hydrogen-bond acceptors (Lipinski definition) is 8. The Morgan fingerprint density at radius 1 is 1.19 bits per heavy atom. The van der Waals surface area contributed by atoms with Gasteiger partial charge >= 0.3 is 6.01 Å². The largest absolute Gasteiger partial charge is 0.508 e. The first-order chi connectivity index (χ1) is 20.3. The Bertz CT molecular complexity index is 1420. The SMILES string of the molecule is C=CC(=O)N1CCN(c2nc(OC[C@@H]3CCCN3C)nc3c2CCC2(CCCc4c(C)cc(O)cc42)C3)C[C@@H]1CC#N. The van der Waals surface area contributed by atoms with Gasteiger partial charge in [0.25, 0.3) is 0 Å². The highest BCUT2D eigenvalue weighted by Crippen LogP contribution is 2.49. The quantitative estimate of drug-likeness (QED) is 0.523. The summed E-state index contributed by atoms with van der Waals surface area (Å²) in [5.74, 6) is 1.07. The van der Waals surface area contributed by atoms with E-state index in [-0.39, 0.29) is 23.8 Å². The molecular formula is C33H42N6O3. The second-order valence-corrected chi connectivity index (χ2v) is 12.6. The molecule has 9 heteroatoms. The Kier molecular flexibility index (Phi) is 7.84. The van der Waals surface area contributed by atoms with Crippen molar-refractivity contribution in [3.8, 4) is 17.8 Å². The van der Waals surface area contributed by atoms with Crippen LogP contribution in [0.15, 0.2) is 24.8 Å². The molecule has 4 aliphatic rings. The number of aryl methyl sites for hydroxylation is 1. The molecule has 1 N–H and O–H groups in total. The molecule has 9 nitrogen and oxygen atoms in total. The van der Waals surface area contributed by atoms with Crippen molar-refractivity contribution in [3.63, 3.8) is 0 Å². The number of rotatable bonds is 6. The minimum atomic E-state index is -0.234. The molecule has 2 aliphatic carbocycles. The summed E-state index contributed by atoms with van der Waals surface area (Å²) in [5, 5.41) is 20.1. The van der Waals surface area contributed by atoms with E-state index in [1.165, 1.54) is 29.2 Å². The van der Waals surface area contributed by atoms with Crippen LogP contribution in [0.1, 0.15) is 66.5 Å². The zero-order chi connectivity index (χ0) is 29.4. The monoisotopic (exact) mass is 570 g/mol. The number of amides is 1. The Morgan fingerprint density at radius 2 is 2.05 bits per heavy atom. The van der Waals surface area contributed by atoms with Crippen molar-refractivity contribution in [1.29, 1.82) is 5.26 Å². The van der Waals surface area contributed by atoms with E-state index < -0.39 is 0 Å². The number of likely N-dealkylation sites (tertiary alicyclic amines) is 1. The van der Waals surface area contributed by atoms with Gasteiger partial charge in [-0.05, 0) is 107 Å². The van der Waals surface area contributed by atoms with Crippen molar-refractivity contribution in [1.82, 2.24) is 19.8 Å². The Labute approximate surface area is 248 Å². The minimum Gasteiger partial charge on any atom is -0.508 e. The number of hydrogen-bond donors (Lipinski definition) is 1. The zero-order valence-electron chi connectivity index (χ0n) is 24.9. The maximum atomic E-state index is 12.6. The number of nitrogens with zero attached hydrogens (tertiary/aromatic N) is 6. The second kappa shape index (κ2) is 11.6. The maximum absolute atomic E-state index is 12.6. The van der Waals surface area contributed by atoms with E-state index in [0.717, 1.165) is 68.6 Å². The van der Waals surface area contributed by atoms with Gasteiger partial charge < -0.3 is 24.5 Å². The molecule has 2 saturated heterocycles. The van der Waals surface area contributed by atoms with Crippen LogP contribution in [0.3, 0.4) is 0 Å². The molecule has 2 aromatic rings. The van der Waals surface area contributed by atoms with Crippen LogP contribution in [-0.4, -0.2) is 82.7 Å². The number of carbonyl (C=O) groups is 1.